The fourth-order valence-corrected chi connectivity index (χ4v) is 6.67. The second-order valence-electron chi connectivity index (χ2n) is 6.79. The van der Waals surface area contributed by atoms with E-state index in [2.05, 4.69) is 20.9 Å². The first kappa shape index (κ1) is 18.8. The van der Waals surface area contributed by atoms with Crippen LogP contribution >= 0.6 is 39.0 Å². The fraction of sp³-hybridized carbons (Fsp3) is 0.150. The van der Waals surface area contributed by atoms with Crippen molar-refractivity contribution in [1.82, 2.24) is 4.98 Å². The molecule has 1 N–H and O–H groups in total. The Balaban J connectivity index is 1.64. The number of thiazole rings is 1. The van der Waals surface area contributed by atoms with Gasteiger partial charge in [-0.1, -0.05) is 51.2 Å². The molecule has 1 aromatic heterocycles. The van der Waals surface area contributed by atoms with Crippen molar-refractivity contribution in [2.75, 3.05) is 4.90 Å². The number of nitrogens with zero attached hydrogens (tertiary/aromatic N) is 1. The molecule has 0 bridgehead atoms. The van der Waals surface area contributed by atoms with Crippen molar-refractivity contribution >= 4 is 56.5 Å². The Kier molecular flexibility index (Phi) is 4.49. The monoisotopic (exact) mass is 490 g/mol. The maximum Gasteiger partial charge on any atom is 0.305 e. The fourth-order valence-electron chi connectivity index (χ4n) is 3.89. The zero-order chi connectivity index (χ0) is 20.3. The van der Waals surface area contributed by atoms with Crippen molar-refractivity contribution < 1.29 is 14.0 Å². The van der Waals surface area contributed by atoms with Gasteiger partial charge in [-0.05, 0) is 42.0 Å². The van der Waals surface area contributed by atoms with E-state index in [1.165, 1.54) is 36.0 Å². The van der Waals surface area contributed by atoms with Crippen molar-refractivity contribution in [2.45, 2.75) is 16.2 Å². The molecule has 3 atom stereocenters. The molecule has 2 aromatic carbocycles. The molecule has 5 rings (SSSR count). The smallest absolute Gasteiger partial charge is 0.305 e. The van der Waals surface area contributed by atoms with Gasteiger partial charge in [0.25, 0.3) is 0 Å². The molecule has 146 valence electrons. The van der Waals surface area contributed by atoms with Crippen LogP contribution in [0.2, 0.25) is 0 Å². The molecular weight excluding hydrogens is 479 g/mol. The minimum Gasteiger partial charge on any atom is -0.307 e. The molecule has 0 aliphatic carbocycles. The number of halogens is 2. The highest BCUT2D eigenvalue weighted by molar-refractivity contribution is 9.10. The van der Waals surface area contributed by atoms with Crippen molar-refractivity contribution in [3.05, 3.63) is 78.9 Å². The Labute approximate surface area is 181 Å². The molecule has 0 radical (unpaired) electrons. The number of aromatic nitrogens is 1. The van der Waals surface area contributed by atoms with Crippen LogP contribution in [0.3, 0.4) is 0 Å². The van der Waals surface area contributed by atoms with Crippen LogP contribution in [0.25, 0.3) is 0 Å². The molecule has 0 saturated carbocycles. The van der Waals surface area contributed by atoms with Gasteiger partial charge in [-0.25, -0.2) is 9.29 Å². The van der Waals surface area contributed by atoms with E-state index in [4.69, 9.17) is 0 Å². The molecule has 2 amide bonds. The number of H-pyrrole nitrogens is 1. The van der Waals surface area contributed by atoms with Crippen molar-refractivity contribution in [3.8, 4) is 0 Å². The van der Waals surface area contributed by atoms with Crippen LogP contribution in [0.4, 0.5) is 10.1 Å². The van der Waals surface area contributed by atoms with E-state index >= 15 is 0 Å². The average molecular weight is 491 g/mol. The lowest BCUT2D eigenvalue weighted by atomic mass is 9.83. The number of carbonyl (C=O) groups is 2. The molecule has 3 aromatic rings. The van der Waals surface area contributed by atoms with Crippen molar-refractivity contribution in [1.29, 1.82) is 0 Å². The zero-order valence-corrected chi connectivity index (χ0v) is 17.8. The highest BCUT2D eigenvalue weighted by Crippen LogP contribution is 2.53. The van der Waals surface area contributed by atoms with Gasteiger partial charge in [0.1, 0.15) is 11.1 Å². The number of aromatic amines is 1. The number of imide groups is 1. The molecular formula is C20H12BrFN2O3S2. The number of amides is 2. The number of rotatable bonds is 2. The first-order valence-corrected chi connectivity index (χ1v) is 11.2. The van der Waals surface area contributed by atoms with Crippen LogP contribution in [0.15, 0.2) is 62.8 Å². The Morgan fingerprint density at radius 3 is 2.34 bits per heavy atom. The Morgan fingerprint density at radius 2 is 1.66 bits per heavy atom. The topological polar surface area (TPSA) is 70.2 Å². The summed E-state index contributed by atoms with van der Waals surface area (Å²) >= 11 is 5.71. The minimum absolute atomic E-state index is 0.208. The van der Waals surface area contributed by atoms with Gasteiger partial charge < -0.3 is 4.98 Å². The van der Waals surface area contributed by atoms with Gasteiger partial charge in [0.2, 0.25) is 11.8 Å². The number of hydrogen-bond donors (Lipinski definition) is 1. The second kappa shape index (κ2) is 6.93. The number of hydrogen-bond acceptors (Lipinski definition) is 5. The van der Waals surface area contributed by atoms with Gasteiger partial charge in [0, 0.05) is 15.3 Å². The first-order chi connectivity index (χ1) is 13.9. The van der Waals surface area contributed by atoms with Crippen LogP contribution in [-0.2, 0) is 9.59 Å². The average Bonchev–Trinajstić information content (AvgIpc) is 3.19. The Morgan fingerprint density at radius 1 is 0.966 bits per heavy atom. The van der Waals surface area contributed by atoms with Crippen LogP contribution in [0.5, 0.6) is 0 Å². The number of nitrogens with one attached hydrogen (secondary N) is 1. The summed E-state index contributed by atoms with van der Waals surface area (Å²) in [6.45, 7) is 0. The maximum atomic E-state index is 13.4. The number of benzene rings is 2. The summed E-state index contributed by atoms with van der Waals surface area (Å²) < 4.78 is 14.2. The number of thioether (sulfide) groups is 1. The summed E-state index contributed by atoms with van der Waals surface area (Å²) in [6.07, 6.45) is 0. The van der Waals surface area contributed by atoms with E-state index in [0.717, 1.165) is 31.2 Å². The summed E-state index contributed by atoms with van der Waals surface area (Å²) in [4.78, 5) is 43.1. The van der Waals surface area contributed by atoms with Gasteiger partial charge >= 0.3 is 4.87 Å². The summed E-state index contributed by atoms with van der Waals surface area (Å²) in [6, 6.07) is 12.9. The lowest BCUT2D eigenvalue weighted by molar-refractivity contribution is -0.122. The second-order valence-corrected chi connectivity index (χ2v) is 9.87. The number of carbonyl (C=O) groups excluding carboxylic acids is 2. The van der Waals surface area contributed by atoms with Crippen LogP contribution in [-0.4, -0.2) is 22.0 Å². The van der Waals surface area contributed by atoms with E-state index in [1.54, 1.807) is 0 Å². The summed E-state index contributed by atoms with van der Waals surface area (Å²) in [5.41, 5.74) is 1.21. The third-order valence-corrected chi connectivity index (χ3v) is 8.07. The van der Waals surface area contributed by atoms with Crippen molar-refractivity contribution in [3.63, 3.8) is 0 Å². The number of fused-ring (bicyclic) bond motifs is 2. The summed E-state index contributed by atoms with van der Waals surface area (Å²) in [5, 5.41) is -0.0183. The molecule has 3 heterocycles. The Bertz CT molecular complexity index is 1190. The SMILES string of the molecule is O=C1[C@H]2[C@H](c3ccc(Br)cc3)c3sc(=O)[nH]c3S[C@H]2C(=O)N1c1ccc(F)cc1. The van der Waals surface area contributed by atoms with Crippen LogP contribution in [0.1, 0.15) is 16.4 Å². The number of anilines is 1. The standard InChI is InChI=1S/C20H12BrFN2O3S2/c21-10-3-1-9(2-4-10)13-14-16(28-17-15(13)29-20(27)23-17)19(26)24(18(14)25)12-7-5-11(22)6-8-12/h1-8,13-14,16H,(H,23,27)/t13-,14-,16+/m0/s1. The largest absolute Gasteiger partial charge is 0.307 e. The third-order valence-electron chi connectivity index (χ3n) is 5.14. The Hall–Kier alpha value is -2.23. The molecule has 2 aliphatic rings. The molecule has 1 fully saturated rings. The quantitative estimate of drug-likeness (QED) is 0.548. The third kappa shape index (κ3) is 2.99. The first-order valence-electron chi connectivity index (χ1n) is 8.72. The molecule has 29 heavy (non-hydrogen) atoms. The van der Waals surface area contributed by atoms with Crippen molar-refractivity contribution in [2.24, 2.45) is 5.92 Å². The minimum atomic E-state index is -0.654. The molecule has 5 nitrogen and oxygen atoms in total. The normalized spacial score (nSPS) is 23.2. The van der Waals surface area contributed by atoms with Gasteiger partial charge in [-0.2, -0.15) is 0 Å². The predicted molar refractivity (Wildman–Crippen MR) is 113 cm³/mol. The highest BCUT2D eigenvalue weighted by atomic mass is 79.9. The molecule has 0 unspecified atom stereocenters. The van der Waals surface area contributed by atoms with E-state index in [-0.39, 0.29) is 16.7 Å². The van der Waals surface area contributed by atoms with Crippen LogP contribution < -0.4 is 9.77 Å². The van der Waals surface area contributed by atoms with E-state index in [0.29, 0.717) is 10.7 Å². The van der Waals surface area contributed by atoms with Gasteiger partial charge in [0.05, 0.1) is 16.6 Å². The molecule has 9 heteroatoms. The summed E-state index contributed by atoms with van der Waals surface area (Å²) in [5.74, 6) is -2.17. The summed E-state index contributed by atoms with van der Waals surface area (Å²) in [7, 11) is 0. The van der Waals surface area contributed by atoms with Gasteiger partial charge in [0.15, 0.2) is 0 Å². The maximum absolute atomic E-state index is 13.4. The highest BCUT2D eigenvalue weighted by Gasteiger charge is 2.56. The lowest BCUT2D eigenvalue weighted by Crippen LogP contribution is -2.32. The lowest BCUT2D eigenvalue weighted by Gasteiger charge is -2.29. The molecule has 2 aliphatic heterocycles. The van der Waals surface area contributed by atoms with E-state index in [9.17, 15) is 18.8 Å². The van der Waals surface area contributed by atoms with E-state index < -0.39 is 22.9 Å². The molecule has 0 spiro atoms. The van der Waals surface area contributed by atoms with Gasteiger partial charge in [-0.3, -0.25) is 14.4 Å². The zero-order valence-electron chi connectivity index (χ0n) is 14.6. The predicted octanol–water partition coefficient (Wildman–Crippen LogP) is 4.13. The van der Waals surface area contributed by atoms with E-state index in [1.807, 2.05) is 24.3 Å². The van der Waals surface area contributed by atoms with Gasteiger partial charge in [-0.15, -0.1) is 0 Å². The molecule has 1 saturated heterocycles. The van der Waals surface area contributed by atoms with Crippen LogP contribution in [0, 0.1) is 11.7 Å².